The summed E-state index contributed by atoms with van der Waals surface area (Å²) in [6.45, 7) is 5.37. The maximum absolute atomic E-state index is 13.2. The van der Waals surface area contributed by atoms with Crippen LogP contribution in [0.3, 0.4) is 0 Å². The van der Waals surface area contributed by atoms with Gasteiger partial charge in [0.2, 0.25) is 0 Å². The van der Waals surface area contributed by atoms with Gasteiger partial charge in [0.15, 0.2) is 0 Å². The molecule has 0 radical (unpaired) electrons. The topological polar surface area (TPSA) is 26.0 Å². The van der Waals surface area contributed by atoms with E-state index in [1.54, 1.807) is 12.1 Å². The van der Waals surface area contributed by atoms with Crippen LogP contribution in [0.5, 0.6) is 0 Å². The predicted molar refractivity (Wildman–Crippen MR) is 73.8 cm³/mol. The molecule has 1 aromatic carbocycles. The van der Waals surface area contributed by atoms with E-state index in [0.29, 0.717) is 12.0 Å². The van der Waals surface area contributed by atoms with Crippen LogP contribution in [0.4, 0.5) is 4.39 Å². The summed E-state index contributed by atoms with van der Waals surface area (Å²) in [5.41, 5.74) is 7.73. The molecule has 1 aliphatic rings. The highest BCUT2D eigenvalue weighted by atomic mass is 19.1. The molecule has 0 amide bonds. The molecule has 0 spiro atoms. The van der Waals surface area contributed by atoms with Gasteiger partial charge in [-0.3, -0.25) is 0 Å². The number of rotatable bonds is 3. The molecular weight excluding hydrogens is 225 g/mol. The van der Waals surface area contributed by atoms with E-state index >= 15 is 0 Å². The number of hydrogen-bond acceptors (Lipinski definition) is 1. The fourth-order valence-corrected chi connectivity index (χ4v) is 2.99. The molecule has 1 saturated carbocycles. The van der Waals surface area contributed by atoms with Gasteiger partial charge in [-0.15, -0.1) is 0 Å². The van der Waals surface area contributed by atoms with Crippen molar-refractivity contribution in [2.45, 2.75) is 46.0 Å². The van der Waals surface area contributed by atoms with Crippen molar-refractivity contribution in [3.63, 3.8) is 0 Å². The fraction of sp³-hybridized carbons (Fsp3) is 0.625. The molecular formula is C16H24FN. The lowest BCUT2D eigenvalue weighted by Crippen LogP contribution is -2.38. The van der Waals surface area contributed by atoms with Crippen LogP contribution < -0.4 is 5.73 Å². The van der Waals surface area contributed by atoms with Crippen LogP contribution >= 0.6 is 0 Å². The van der Waals surface area contributed by atoms with Gasteiger partial charge >= 0.3 is 0 Å². The second-order valence-electron chi connectivity index (χ2n) is 6.68. The van der Waals surface area contributed by atoms with E-state index in [9.17, 15) is 4.39 Å². The average molecular weight is 249 g/mol. The Kier molecular flexibility index (Phi) is 3.76. The van der Waals surface area contributed by atoms with Gasteiger partial charge in [0.25, 0.3) is 0 Å². The monoisotopic (exact) mass is 249 g/mol. The van der Waals surface area contributed by atoms with Crippen LogP contribution in [0.1, 0.15) is 45.1 Å². The van der Waals surface area contributed by atoms with Gasteiger partial charge in [-0.1, -0.05) is 26.0 Å². The first-order valence-electron chi connectivity index (χ1n) is 6.89. The maximum atomic E-state index is 13.2. The SMILES string of the molecule is CC1(C)CCC(CN)(Cc2cccc(F)c2)CC1. The van der Waals surface area contributed by atoms with Gasteiger partial charge in [0.05, 0.1) is 0 Å². The van der Waals surface area contributed by atoms with Crippen molar-refractivity contribution in [1.82, 2.24) is 0 Å². The third-order valence-electron chi connectivity index (χ3n) is 4.57. The zero-order valence-corrected chi connectivity index (χ0v) is 11.5. The Morgan fingerprint density at radius 3 is 2.39 bits per heavy atom. The Labute approximate surface area is 110 Å². The molecule has 2 rings (SSSR count). The Morgan fingerprint density at radius 1 is 1.17 bits per heavy atom. The van der Waals surface area contributed by atoms with Crippen LogP contribution in [0.15, 0.2) is 24.3 Å². The van der Waals surface area contributed by atoms with Crippen molar-refractivity contribution in [3.8, 4) is 0 Å². The van der Waals surface area contributed by atoms with Crippen LogP contribution in [0.2, 0.25) is 0 Å². The maximum Gasteiger partial charge on any atom is 0.123 e. The van der Waals surface area contributed by atoms with Crippen molar-refractivity contribution in [1.29, 1.82) is 0 Å². The highest BCUT2D eigenvalue weighted by Crippen LogP contribution is 2.46. The van der Waals surface area contributed by atoms with Crippen LogP contribution in [-0.4, -0.2) is 6.54 Å². The number of halogens is 1. The molecule has 100 valence electrons. The highest BCUT2D eigenvalue weighted by Gasteiger charge is 2.37. The molecule has 1 aromatic rings. The van der Waals surface area contributed by atoms with Crippen molar-refractivity contribution in [2.24, 2.45) is 16.6 Å². The molecule has 1 fully saturated rings. The lowest BCUT2D eigenvalue weighted by atomic mass is 9.63. The smallest absolute Gasteiger partial charge is 0.123 e. The molecule has 2 heteroatoms. The van der Waals surface area contributed by atoms with Crippen LogP contribution in [-0.2, 0) is 6.42 Å². The van der Waals surface area contributed by atoms with Crippen molar-refractivity contribution in [2.75, 3.05) is 6.54 Å². The average Bonchev–Trinajstić information content (AvgIpc) is 2.33. The van der Waals surface area contributed by atoms with E-state index < -0.39 is 0 Å². The Balaban J connectivity index is 2.10. The highest BCUT2D eigenvalue weighted by molar-refractivity contribution is 5.18. The van der Waals surface area contributed by atoms with Gasteiger partial charge in [0, 0.05) is 0 Å². The summed E-state index contributed by atoms with van der Waals surface area (Å²) in [7, 11) is 0. The molecule has 0 saturated heterocycles. The summed E-state index contributed by atoms with van der Waals surface area (Å²) >= 11 is 0. The molecule has 1 nitrogen and oxygen atoms in total. The fourth-order valence-electron chi connectivity index (χ4n) is 2.99. The standard InChI is InChI=1S/C16H24FN/c1-15(2)6-8-16(12-18,9-7-15)11-13-4-3-5-14(17)10-13/h3-5,10H,6-9,11-12,18H2,1-2H3. The van der Waals surface area contributed by atoms with E-state index in [4.69, 9.17) is 5.73 Å². The minimum atomic E-state index is -0.143. The van der Waals surface area contributed by atoms with Crippen molar-refractivity contribution in [3.05, 3.63) is 35.6 Å². The zero-order valence-electron chi connectivity index (χ0n) is 11.5. The zero-order chi connectivity index (χ0) is 13.2. The third-order valence-corrected chi connectivity index (χ3v) is 4.57. The number of benzene rings is 1. The third kappa shape index (κ3) is 3.11. The van der Waals surface area contributed by atoms with Gasteiger partial charge in [0.1, 0.15) is 5.82 Å². The van der Waals surface area contributed by atoms with Gasteiger partial charge in [-0.05, 0) is 67.2 Å². The summed E-state index contributed by atoms with van der Waals surface area (Å²) in [4.78, 5) is 0. The van der Waals surface area contributed by atoms with Crippen LogP contribution in [0.25, 0.3) is 0 Å². The Bertz CT molecular complexity index is 401. The second kappa shape index (κ2) is 5.00. The molecule has 0 aromatic heterocycles. The molecule has 0 heterocycles. The summed E-state index contributed by atoms with van der Waals surface area (Å²) in [6.07, 6.45) is 5.68. The first-order chi connectivity index (χ1) is 8.45. The first-order valence-corrected chi connectivity index (χ1v) is 6.89. The van der Waals surface area contributed by atoms with E-state index in [2.05, 4.69) is 13.8 Å². The summed E-state index contributed by atoms with van der Waals surface area (Å²) in [5.74, 6) is -0.143. The summed E-state index contributed by atoms with van der Waals surface area (Å²) in [5, 5.41) is 0. The Hall–Kier alpha value is -0.890. The molecule has 0 bridgehead atoms. The van der Waals surface area contributed by atoms with Gasteiger partial charge in [-0.2, -0.15) is 0 Å². The molecule has 0 unspecified atom stereocenters. The molecule has 18 heavy (non-hydrogen) atoms. The lowest BCUT2D eigenvalue weighted by molar-refractivity contribution is 0.108. The minimum absolute atomic E-state index is 0.143. The van der Waals surface area contributed by atoms with E-state index in [0.717, 1.165) is 24.8 Å². The quantitative estimate of drug-likeness (QED) is 0.863. The molecule has 1 aliphatic carbocycles. The largest absolute Gasteiger partial charge is 0.330 e. The predicted octanol–water partition coefficient (Wildman–Crippen LogP) is 3.91. The number of nitrogens with two attached hydrogens (primary N) is 1. The van der Waals surface area contributed by atoms with E-state index in [1.807, 2.05) is 6.07 Å². The first kappa shape index (κ1) is 13.5. The lowest BCUT2D eigenvalue weighted by Gasteiger charge is -2.43. The normalized spacial score (nSPS) is 21.8. The van der Waals surface area contributed by atoms with Crippen molar-refractivity contribution >= 4 is 0 Å². The van der Waals surface area contributed by atoms with Gasteiger partial charge in [-0.25, -0.2) is 4.39 Å². The van der Waals surface area contributed by atoms with Crippen molar-refractivity contribution < 1.29 is 4.39 Å². The van der Waals surface area contributed by atoms with E-state index in [1.165, 1.54) is 18.9 Å². The van der Waals surface area contributed by atoms with E-state index in [-0.39, 0.29) is 11.2 Å². The minimum Gasteiger partial charge on any atom is -0.330 e. The molecule has 2 N–H and O–H groups in total. The summed E-state index contributed by atoms with van der Waals surface area (Å²) < 4.78 is 13.2. The van der Waals surface area contributed by atoms with Gasteiger partial charge < -0.3 is 5.73 Å². The molecule has 0 aliphatic heterocycles. The van der Waals surface area contributed by atoms with Crippen LogP contribution in [0, 0.1) is 16.6 Å². The number of hydrogen-bond donors (Lipinski definition) is 1. The Morgan fingerprint density at radius 2 is 1.83 bits per heavy atom. The summed E-state index contributed by atoms with van der Waals surface area (Å²) in [6, 6.07) is 6.96. The molecule has 0 atom stereocenters. The second-order valence-corrected chi connectivity index (χ2v) is 6.68.